The quantitative estimate of drug-likeness (QED) is 0.0238. The zero-order valence-corrected chi connectivity index (χ0v) is 38.2. The molecule has 0 bridgehead atoms. The number of fused-ring (bicyclic) bond motifs is 2. The van der Waals surface area contributed by atoms with Crippen molar-refractivity contribution in [3.63, 3.8) is 0 Å². The number of halogens is 1. The Morgan fingerprint density at radius 2 is 1.68 bits per heavy atom. The number of nitro benzene ring substituents is 1. The molecule has 2 saturated carbocycles. The summed E-state index contributed by atoms with van der Waals surface area (Å²) in [6, 6.07) is 22.0. The average Bonchev–Trinajstić information content (AvgIpc) is 4.21. The van der Waals surface area contributed by atoms with Crippen LogP contribution >= 0.6 is 0 Å². The molecule has 8 rings (SSSR count). The van der Waals surface area contributed by atoms with Crippen LogP contribution in [0.2, 0.25) is 0 Å². The molecule has 0 unspecified atom stereocenters. The first-order valence-electron chi connectivity index (χ1n) is 23.4. The number of allylic oxidation sites excluding steroid dienone is 1. The molecule has 15 heteroatoms. The number of rotatable bonds is 23. The topological polar surface area (TPSA) is 179 Å². The maximum Gasteiger partial charge on any atom is 0.269 e. The molecule has 1 aliphatic heterocycles. The van der Waals surface area contributed by atoms with Crippen LogP contribution in [0.4, 0.5) is 10.1 Å². The zero-order valence-electron chi connectivity index (χ0n) is 38.2. The maximum atomic E-state index is 14.9. The van der Waals surface area contributed by atoms with Crippen LogP contribution in [-0.2, 0) is 27.5 Å². The number of carbonyl (C=O) groups is 2. The number of benzene rings is 4. The van der Waals surface area contributed by atoms with Gasteiger partial charge in [0.25, 0.3) is 5.69 Å². The van der Waals surface area contributed by atoms with Gasteiger partial charge in [0.2, 0.25) is 11.7 Å². The second kappa shape index (κ2) is 21.7. The number of non-ortho nitro benzene ring substituents is 1. The lowest BCUT2D eigenvalue weighted by atomic mass is 9.55. The minimum atomic E-state index is -1.53. The largest absolute Gasteiger partial charge is 0.496 e. The smallest absolute Gasteiger partial charge is 0.269 e. The Bertz CT molecular complexity index is 2510. The number of carbonyl (C=O) groups excluding carboxylic acids is 2. The summed E-state index contributed by atoms with van der Waals surface area (Å²) in [5.74, 6) is -1.43. The van der Waals surface area contributed by atoms with Crippen molar-refractivity contribution < 1.29 is 52.9 Å². The average molecular weight is 932 g/mol. The summed E-state index contributed by atoms with van der Waals surface area (Å²) >= 11 is 0. The lowest BCUT2D eigenvalue weighted by molar-refractivity contribution is -0.384. The van der Waals surface area contributed by atoms with E-state index in [0.29, 0.717) is 70.9 Å². The van der Waals surface area contributed by atoms with Gasteiger partial charge in [0.15, 0.2) is 6.29 Å². The molecule has 1 amide bonds. The first kappa shape index (κ1) is 48.1. The molecule has 68 heavy (non-hydrogen) atoms. The molecule has 4 aromatic rings. The molecule has 2 fully saturated rings. The van der Waals surface area contributed by atoms with Gasteiger partial charge >= 0.3 is 0 Å². The number of oxime groups is 1. The molecule has 6 atom stereocenters. The van der Waals surface area contributed by atoms with Crippen molar-refractivity contribution in [2.24, 2.45) is 28.8 Å². The van der Waals surface area contributed by atoms with Gasteiger partial charge in [0.05, 0.1) is 35.8 Å². The molecule has 3 aliphatic carbocycles. The number of ether oxygens (including phenoxy) is 4. The molecule has 2 N–H and O–H groups in total. The summed E-state index contributed by atoms with van der Waals surface area (Å²) < 4.78 is 40.7. The summed E-state index contributed by atoms with van der Waals surface area (Å²) in [7, 11) is 1.49. The monoisotopic (exact) mass is 931 g/mol. The number of methoxy groups -OCH3 is 1. The molecule has 358 valence electrons. The molecule has 0 aromatic heterocycles. The number of aliphatic hydroxyl groups is 2. The Morgan fingerprint density at radius 1 is 0.971 bits per heavy atom. The third-order valence-corrected chi connectivity index (χ3v) is 13.6. The van der Waals surface area contributed by atoms with Gasteiger partial charge in [-0.15, -0.1) is 6.58 Å². The highest BCUT2D eigenvalue weighted by atomic mass is 19.1. The molecule has 1 heterocycles. The van der Waals surface area contributed by atoms with Crippen LogP contribution in [-0.4, -0.2) is 76.7 Å². The molecular formula is C53H58FN3O11. The predicted octanol–water partition coefficient (Wildman–Crippen LogP) is 9.62. The second-order valence-corrected chi connectivity index (χ2v) is 18.0. The first-order chi connectivity index (χ1) is 33.1. The van der Waals surface area contributed by atoms with E-state index in [0.717, 1.165) is 43.2 Å². The fourth-order valence-corrected chi connectivity index (χ4v) is 10.3. The summed E-state index contributed by atoms with van der Waals surface area (Å²) in [6.07, 6.45) is 10.3. The molecule has 4 aromatic carbocycles. The van der Waals surface area contributed by atoms with Gasteiger partial charge in [-0.1, -0.05) is 42.3 Å². The minimum Gasteiger partial charge on any atom is -0.496 e. The molecule has 0 radical (unpaired) electrons. The van der Waals surface area contributed by atoms with Crippen LogP contribution in [0.5, 0.6) is 23.0 Å². The van der Waals surface area contributed by atoms with Crippen molar-refractivity contribution in [2.75, 3.05) is 26.9 Å². The van der Waals surface area contributed by atoms with E-state index < -0.39 is 28.5 Å². The number of nitro groups is 1. The molecular weight excluding hydrogens is 874 g/mol. The van der Waals surface area contributed by atoms with Gasteiger partial charge in [0.1, 0.15) is 41.5 Å². The summed E-state index contributed by atoms with van der Waals surface area (Å²) in [5.41, 5.74) is 3.91. The Hall–Kier alpha value is -6.42. The number of unbranched alkanes of at least 4 members (excludes halogenated alkanes) is 2. The number of aliphatic hydroxyl groups excluding tert-OH is 2. The standard InChI is InChI=1S/C53H58FN3O11/c1-3-26-65-53-49(56(52(61)36-14-15-36)31-34-10-16-39(54)17-11-34)30-46(55-66-33-35-12-18-40(19-13-35)57(62)63)44-28-37(8-4-6-24-58)43(9-5-7-25-59)50(51(44)53)45-29-42(21-23-48(45)68-53)67-41-20-22-47(64-2)38(27-41)32-60/h3,10-13,16-23,27-29,32,36-37,43,49-51,58-59H,1,4-9,14-15,24-26,30-31,33H2,2H3/t37-,43+,49-,50+,51+,53+/m0/s1. The van der Waals surface area contributed by atoms with Gasteiger partial charge in [-0.2, -0.15) is 0 Å². The number of aldehydes is 1. The van der Waals surface area contributed by atoms with Gasteiger partial charge in [-0.3, -0.25) is 19.7 Å². The highest BCUT2D eigenvalue weighted by Crippen LogP contribution is 2.62. The van der Waals surface area contributed by atoms with Crippen LogP contribution < -0.4 is 14.2 Å². The Morgan fingerprint density at radius 3 is 2.35 bits per heavy atom. The fraction of sp³-hybridized carbons (Fsp3) is 0.415. The summed E-state index contributed by atoms with van der Waals surface area (Å²) in [4.78, 5) is 45.8. The van der Waals surface area contributed by atoms with Gasteiger partial charge in [-0.05, 0) is 128 Å². The Kier molecular flexibility index (Phi) is 15.3. The lowest BCUT2D eigenvalue weighted by Crippen LogP contribution is -2.70. The third kappa shape index (κ3) is 10.3. The Balaban J connectivity index is 1.32. The van der Waals surface area contributed by atoms with Crippen molar-refractivity contribution in [3.05, 3.63) is 147 Å². The lowest BCUT2D eigenvalue weighted by Gasteiger charge is -2.60. The third-order valence-electron chi connectivity index (χ3n) is 13.6. The van der Waals surface area contributed by atoms with Crippen molar-refractivity contribution in [3.8, 4) is 23.0 Å². The zero-order chi connectivity index (χ0) is 47.8. The van der Waals surface area contributed by atoms with Crippen LogP contribution in [0, 0.1) is 39.6 Å². The van der Waals surface area contributed by atoms with Crippen molar-refractivity contribution in [1.29, 1.82) is 0 Å². The van der Waals surface area contributed by atoms with Crippen molar-refractivity contribution >= 4 is 23.6 Å². The van der Waals surface area contributed by atoms with E-state index in [-0.39, 0.29) is 74.7 Å². The van der Waals surface area contributed by atoms with Gasteiger partial charge in [0, 0.05) is 55.7 Å². The molecule has 4 aliphatic rings. The summed E-state index contributed by atoms with van der Waals surface area (Å²) in [5, 5.41) is 36.3. The van der Waals surface area contributed by atoms with E-state index in [1.54, 1.807) is 54.6 Å². The number of amides is 1. The second-order valence-electron chi connectivity index (χ2n) is 18.0. The van der Waals surface area contributed by atoms with E-state index in [1.807, 2.05) is 17.0 Å². The molecule has 0 spiro atoms. The van der Waals surface area contributed by atoms with Gasteiger partial charge < -0.3 is 38.9 Å². The number of hydrogen-bond donors (Lipinski definition) is 2. The van der Waals surface area contributed by atoms with Gasteiger partial charge in [-0.25, -0.2) is 4.39 Å². The van der Waals surface area contributed by atoms with Crippen LogP contribution in [0.3, 0.4) is 0 Å². The van der Waals surface area contributed by atoms with E-state index in [2.05, 4.69) is 12.7 Å². The van der Waals surface area contributed by atoms with Crippen LogP contribution in [0.25, 0.3) is 0 Å². The maximum absolute atomic E-state index is 14.9. The predicted molar refractivity (Wildman–Crippen MR) is 251 cm³/mol. The Labute approximate surface area is 395 Å². The highest BCUT2D eigenvalue weighted by molar-refractivity contribution is 6.03. The summed E-state index contributed by atoms with van der Waals surface area (Å²) in [6.45, 7) is 4.30. The highest BCUT2D eigenvalue weighted by Gasteiger charge is 2.66. The van der Waals surface area contributed by atoms with E-state index in [4.69, 9.17) is 28.9 Å². The molecule has 14 nitrogen and oxygen atoms in total. The SMILES string of the molecule is C=CCO[C@@]12Oc3ccc(Oc4ccc(OC)c(C=O)c4)cc3[C@H]3[C@H](CCCCO)[C@@H](CCCCO)C=C(C(=NOCc4ccc([N+](=O)[O-])cc4)C[C@@H]1N(Cc1ccc(F)cc1)C(=O)C1CC1)[C@H]32. The number of nitrogens with zero attached hydrogens (tertiary/aromatic N) is 3. The molecule has 0 saturated heterocycles. The van der Waals surface area contributed by atoms with Crippen molar-refractivity contribution in [1.82, 2.24) is 4.90 Å². The van der Waals surface area contributed by atoms with Crippen LogP contribution in [0.1, 0.15) is 90.8 Å². The fourth-order valence-electron chi connectivity index (χ4n) is 10.3. The first-order valence-corrected chi connectivity index (χ1v) is 23.4. The van der Waals surface area contributed by atoms with Crippen molar-refractivity contribution in [2.45, 2.75) is 88.7 Å². The van der Waals surface area contributed by atoms with E-state index in [9.17, 15) is 34.3 Å². The normalized spacial score (nSPS) is 23.0. The van der Waals surface area contributed by atoms with E-state index >= 15 is 0 Å². The number of hydrogen-bond acceptors (Lipinski definition) is 12. The minimum absolute atomic E-state index is 0.00681. The van der Waals surface area contributed by atoms with E-state index in [1.165, 1.54) is 31.4 Å². The van der Waals surface area contributed by atoms with Crippen LogP contribution in [0.15, 0.2) is 114 Å².